The topological polar surface area (TPSA) is 135 Å². The molecule has 0 radical (unpaired) electrons. The largest absolute Gasteiger partial charge is 0.507 e. The molecular weight excluding hydrogens is 440 g/mol. The van der Waals surface area contributed by atoms with E-state index in [-0.39, 0.29) is 18.4 Å². The molecule has 0 aliphatic carbocycles. The van der Waals surface area contributed by atoms with Crippen LogP contribution in [0.2, 0.25) is 0 Å². The Balaban J connectivity index is 0.00000158. The predicted molar refractivity (Wildman–Crippen MR) is 127 cm³/mol. The fraction of sp³-hybridized carbons (Fsp3) is 0.292. The molecule has 2 aromatic carbocycles. The molecule has 1 aliphatic heterocycles. The van der Waals surface area contributed by atoms with Gasteiger partial charge in [-0.05, 0) is 29.8 Å². The average molecular weight is 469 g/mol. The van der Waals surface area contributed by atoms with Crippen LogP contribution in [0, 0.1) is 0 Å². The smallest absolute Gasteiger partial charge is 0.407 e. The molecule has 34 heavy (non-hydrogen) atoms. The number of aromatic nitrogens is 1. The second-order valence-corrected chi connectivity index (χ2v) is 7.12. The Morgan fingerprint density at radius 2 is 1.94 bits per heavy atom. The summed E-state index contributed by atoms with van der Waals surface area (Å²) in [7, 11) is 0. The second-order valence-electron chi connectivity index (χ2n) is 7.12. The van der Waals surface area contributed by atoms with Crippen LogP contribution in [0.3, 0.4) is 0 Å². The maximum absolute atomic E-state index is 12.3. The number of carbonyl (C=O) groups is 2. The lowest BCUT2D eigenvalue weighted by Crippen LogP contribution is -2.28. The normalized spacial score (nSPS) is 14.5. The number of rotatable bonds is 6. The van der Waals surface area contributed by atoms with E-state index < -0.39 is 12.1 Å². The number of nitrogens with zero attached hydrogens (tertiary/aromatic N) is 1. The standard InChI is InChI=1S/C22H22N4O6.C2H6/c27-19-9-16(4-5-18(19)20-11-23-13-31-20)26-21(28)25-15-3-1-2-14(8-15)10-24-22(29)32-17-6-7-30-12-17;1-2/h1-5,8-9,11,13,17,27H,6-7,10,12H2,(H,24,29)(H2,25,26,28);1-2H3/t17-;/m0./s1. The number of hydrogen-bond donors (Lipinski definition) is 4. The van der Waals surface area contributed by atoms with Gasteiger partial charge < -0.3 is 34.9 Å². The minimum atomic E-state index is -0.509. The summed E-state index contributed by atoms with van der Waals surface area (Å²) in [6.07, 6.45) is 2.73. The Kier molecular flexibility index (Phi) is 8.87. The number of aromatic hydroxyl groups is 1. The zero-order valence-corrected chi connectivity index (χ0v) is 19.0. The van der Waals surface area contributed by atoms with E-state index in [9.17, 15) is 14.7 Å². The Morgan fingerprint density at radius 1 is 1.15 bits per heavy atom. The number of carbonyl (C=O) groups excluding carboxylic acids is 2. The van der Waals surface area contributed by atoms with Crippen LogP contribution in [0.5, 0.6) is 5.75 Å². The molecule has 1 aliphatic rings. The second kappa shape index (κ2) is 12.3. The molecule has 1 aromatic heterocycles. The minimum Gasteiger partial charge on any atom is -0.507 e. The van der Waals surface area contributed by atoms with E-state index in [0.717, 1.165) is 5.56 Å². The van der Waals surface area contributed by atoms with Gasteiger partial charge >= 0.3 is 12.1 Å². The number of ether oxygens (including phenoxy) is 2. The summed E-state index contributed by atoms with van der Waals surface area (Å²) in [6.45, 7) is 5.27. The Morgan fingerprint density at radius 3 is 2.62 bits per heavy atom. The summed E-state index contributed by atoms with van der Waals surface area (Å²) < 4.78 is 15.6. The first-order valence-electron chi connectivity index (χ1n) is 11.0. The molecule has 4 N–H and O–H groups in total. The lowest BCUT2D eigenvalue weighted by molar-refractivity contribution is 0.0828. The summed E-state index contributed by atoms with van der Waals surface area (Å²) in [5.74, 6) is 0.369. The van der Waals surface area contributed by atoms with Gasteiger partial charge in [0.25, 0.3) is 0 Å². The van der Waals surface area contributed by atoms with Gasteiger partial charge in [0.2, 0.25) is 0 Å². The lowest BCUT2D eigenvalue weighted by Gasteiger charge is -2.12. The van der Waals surface area contributed by atoms with Crippen LogP contribution in [-0.4, -0.2) is 41.5 Å². The summed E-state index contributed by atoms with van der Waals surface area (Å²) >= 11 is 0. The number of hydrogen-bond acceptors (Lipinski definition) is 7. The number of phenolic OH excluding ortho intramolecular Hbond substituents is 1. The van der Waals surface area contributed by atoms with Gasteiger partial charge in [-0.15, -0.1) is 0 Å². The van der Waals surface area contributed by atoms with Crippen molar-refractivity contribution in [1.82, 2.24) is 10.3 Å². The van der Waals surface area contributed by atoms with Crippen molar-refractivity contribution in [2.24, 2.45) is 0 Å². The van der Waals surface area contributed by atoms with E-state index in [0.29, 0.717) is 42.3 Å². The van der Waals surface area contributed by atoms with E-state index in [1.165, 1.54) is 18.7 Å². The van der Waals surface area contributed by atoms with Gasteiger partial charge in [-0.2, -0.15) is 0 Å². The first kappa shape index (κ1) is 24.6. The van der Waals surface area contributed by atoms with Crippen LogP contribution in [-0.2, 0) is 16.0 Å². The number of oxazole rings is 1. The molecule has 10 heteroatoms. The maximum atomic E-state index is 12.3. The molecular formula is C24H28N4O6. The molecule has 0 unspecified atom stereocenters. The van der Waals surface area contributed by atoms with Crippen LogP contribution in [0.15, 0.2) is 59.5 Å². The molecule has 0 bridgehead atoms. The van der Waals surface area contributed by atoms with Gasteiger partial charge in [-0.3, -0.25) is 0 Å². The maximum Gasteiger partial charge on any atom is 0.407 e. The molecule has 3 aromatic rings. The number of amides is 3. The van der Waals surface area contributed by atoms with Crippen molar-refractivity contribution in [1.29, 1.82) is 0 Å². The molecule has 0 spiro atoms. The molecule has 180 valence electrons. The van der Waals surface area contributed by atoms with Crippen molar-refractivity contribution in [3.63, 3.8) is 0 Å². The monoisotopic (exact) mass is 468 g/mol. The van der Waals surface area contributed by atoms with Gasteiger partial charge in [-0.25, -0.2) is 14.6 Å². The fourth-order valence-corrected chi connectivity index (χ4v) is 3.19. The molecule has 3 amide bonds. The van der Waals surface area contributed by atoms with E-state index in [2.05, 4.69) is 20.9 Å². The van der Waals surface area contributed by atoms with Crippen LogP contribution < -0.4 is 16.0 Å². The van der Waals surface area contributed by atoms with E-state index in [4.69, 9.17) is 13.9 Å². The van der Waals surface area contributed by atoms with Crippen LogP contribution in [0.4, 0.5) is 21.0 Å². The summed E-state index contributed by atoms with van der Waals surface area (Å²) in [5, 5.41) is 18.2. The molecule has 1 atom stereocenters. The van der Waals surface area contributed by atoms with Crippen molar-refractivity contribution in [2.75, 3.05) is 23.8 Å². The van der Waals surface area contributed by atoms with Crippen LogP contribution in [0.1, 0.15) is 25.8 Å². The summed E-state index contributed by atoms with van der Waals surface area (Å²) in [5.41, 5.74) is 2.20. The quantitative estimate of drug-likeness (QED) is 0.411. The minimum absolute atomic E-state index is 0.0522. The Bertz CT molecular complexity index is 1080. The predicted octanol–water partition coefficient (Wildman–Crippen LogP) is 4.73. The van der Waals surface area contributed by atoms with Crippen molar-refractivity contribution >= 4 is 23.5 Å². The van der Waals surface area contributed by atoms with Crippen LogP contribution >= 0.6 is 0 Å². The highest BCUT2D eigenvalue weighted by Crippen LogP contribution is 2.31. The first-order chi connectivity index (χ1) is 16.6. The Labute approximate surface area is 197 Å². The van der Waals surface area contributed by atoms with E-state index >= 15 is 0 Å². The highest BCUT2D eigenvalue weighted by Gasteiger charge is 2.19. The first-order valence-corrected chi connectivity index (χ1v) is 11.0. The number of nitrogens with one attached hydrogen (secondary N) is 3. The molecule has 4 rings (SSSR count). The van der Waals surface area contributed by atoms with Crippen molar-refractivity contribution in [2.45, 2.75) is 32.9 Å². The lowest BCUT2D eigenvalue weighted by atomic mass is 10.1. The number of phenols is 1. The zero-order valence-electron chi connectivity index (χ0n) is 19.0. The molecule has 1 fully saturated rings. The molecule has 1 saturated heterocycles. The zero-order chi connectivity index (χ0) is 24.3. The summed E-state index contributed by atoms with van der Waals surface area (Å²) in [6, 6.07) is 11.2. The van der Waals surface area contributed by atoms with Gasteiger partial charge in [0.05, 0.1) is 25.0 Å². The third-order valence-corrected chi connectivity index (χ3v) is 4.74. The SMILES string of the molecule is CC.O=C(Nc1cccc(CNC(=O)O[C@H]2CCOC2)c1)Nc1ccc(-c2cnco2)c(O)c1. The van der Waals surface area contributed by atoms with Crippen LogP contribution in [0.25, 0.3) is 11.3 Å². The Hall–Kier alpha value is -4.05. The number of benzene rings is 2. The van der Waals surface area contributed by atoms with Gasteiger partial charge in [0.1, 0.15) is 11.9 Å². The molecule has 10 nitrogen and oxygen atoms in total. The van der Waals surface area contributed by atoms with E-state index in [1.54, 1.807) is 30.3 Å². The number of urea groups is 1. The van der Waals surface area contributed by atoms with E-state index in [1.807, 2.05) is 19.9 Å². The van der Waals surface area contributed by atoms with Gasteiger partial charge in [0.15, 0.2) is 12.2 Å². The third kappa shape index (κ3) is 6.97. The molecule has 0 saturated carbocycles. The number of alkyl carbamates (subject to hydrolysis) is 1. The fourth-order valence-electron chi connectivity index (χ4n) is 3.19. The summed E-state index contributed by atoms with van der Waals surface area (Å²) in [4.78, 5) is 28.0. The third-order valence-electron chi connectivity index (χ3n) is 4.74. The number of anilines is 2. The highest BCUT2D eigenvalue weighted by atomic mass is 16.6. The highest BCUT2D eigenvalue weighted by molar-refractivity contribution is 6.00. The average Bonchev–Trinajstić information content (AvgIpc) is 3.54. The van der Waals surface area contributed by atoms with Gasteiger partial charge in [-0.1, -0.05) is 26.0 Å². The van der Waals surface area contributed by atoms with Crippen molar-refractivity contribution < 1.29 is 28.6 Å². The van der Waals surface area contributed by atoms with Gasteiger partial charge in [0, 0.05) is 30.4 Å². The van der Waals surface area contributed by atoms with Crippen molar-refractivity contribution in [3.05, 3.63) is 60.6 Å². The molecule has 2 heterocycles. The van der Waals surface area contributed by atoms with Crippen molar-refractivity contribution in [3.8, 4) is 17.1 Å².